The molecule has 1 rings (SSSR count). The quantitative estimate of drug-likeness (QED) is 0.744. The Morgan fingerprint density at radius 3 is 2.76 bits per heavy atom. The van der Waals surface area contributed by atoms with Crippen molar-refractivity contribution in [2.75, 3.05) is 39.9 Å². The summed E-state index contributed by atoms with van der Waals surface area (Å²) < 4.78 is 5.63. The van der Waals surface area contributed by atoms with Gasteiger partial charge in [0.05, 0.1) is 6.61 Å². The second kappa shape index (κ2) is 10.1. The SMILES string of the molecule is CC(C)COCCN(C)C1CCCNCC1.Cl. The third-order valence-electron chi connectivity index (χ3n) is 3.21. The third-order valence-corrected chi connectivity index (χ3v) is 3.21. The molecule has 1 atom stereocenters. The lowest BCUT2D eigenvalue weighted by Crippen LogP contribution is -2.35. The topological polar surface area (TPSA) is 24.5 Å². The first-order valence-corrected chi connectivity index (χ1v) is 6.69. The fraction of sp³-hybridized carbons (Fsp3) is 1.00. The van der Waals surface area contributed by atoms with E-state index in [4.69, 9.17) is 4.74 Å². The zero-order chi connectivity index (χ0) is 11.8. The molecule has 1 fully saturated rings. The third kappa shape index (κ3) is 7.98. The summed E-state index contributed by atoms with van der Waals surface area (Å²) in [5.74, 6) is 0.646. The standard InChI is InChI=1S/C13H28N2O.ClH/c1-12(2)11-16-10-9-15(3)13-5-4-7-14-8-6-13;/h12-14H,4-11H2,1-3H3;1H. The average Bonchev–Trinajstić information content (AvgIpc) is 2.52. The number of likely N-dealkylation sites (N-methyl/N-ethyl adjacent to an activating group) is 1. The van der Waals surface area contributed by atoms with E-state index in [1.807, 2.05) is 0 Å². The molecule has 0 bridgehead atoms. The molecule has 104 valence electrons. The molecule has 0 spiro atoms. The molecule has 0 aliphatic carbocycles. The number of nitrogens with zero attached hydrogens (tertiary/aromatic N) is 1. The van der Waals surface area contributed by atoms with Crippen LogP contribution in [0.15, 0.2) is 0 Å². The first kappa shape index (κ1) is 17.2. The van der Waals surface area contributed by atoms with E-state index in [-0.39, 0.29) is 12.4 Å². The van der Waals surface area contributed by atoms with E-state index in [9.17, 15) is 0 Å². The van der Waals surface area contributed by atoms with Crippen molar-refractivity contribution in [3.63, 3.8) is 0 Å². The van der Waals surface area contributed by atoms with Crippen molar-refractivity contribution in [3.8, 4) is 0 Å². The minimum atomic E-state index is 0. The Bertz CT molecular complexity index is 171. The van der Waals surface area contributed by atoms with E-state index in [0.29, 0.717) is 5.92 Å². The van der Waals surface area contributed by atoms with Gasteiger partial charge in [-0.1, -0.05) is 13.8 Å². The molecular formula is C13H29ClN2O. The van der Waals surface area contributed by atoms with Gasteiger partial charge in [0.2, 0.25) is 0 Å². The van der Waals surface area contributed by atoms with Crippen LogP contribution in [0.4, 0.5) is 0 Å². The Kier molecular flexibility index (Phi) is 10.2. The lowest BCUT2D eigenvalue weighted by Gasteiger charge is -2.26. The molecule has 1 heterocycles. The highest BCUT2D eigenvalue weighted by atomic mass is 35.5. The molecule has 4 heteroatoms. The Hall–Kier alpha value is 0.170. The zero-order valence-corrected chi connectivity index (χ0v) is 12.4. The summed E-state index contributed by atoms with van der Waals surface area (Å²) in [6.07, 6.45) is 3.91. The van der Waals surface area contributed by atoms with E-state index in [1.54, 1.807) is 0 Å². The smallest absolute Gasteiger partial charge is 0.0593 e. The highest BCUT2D eigenvalue weighted by Crippen LogP contribution is 2.11. The molecule has 1 aliphatic heterocycles. The van der Waals surface area contributed by atoms with Gasteiger partial charge in [-0.15, -0.1) is 12.4 Å². The first-order valence-electron chi connectivity index (χ1n) is 6.69. The van der Waals surface area contributed by atoms with Gasteiger partial charge < -0.3 is 15.0 Å². The summed E-state index contributed by atoms with van der Waals surface area (Å²) in [6.45, 7) is 9.58. The minimum Gasteiger partial charge on any atom is -0.380 e. The van der Waals surface area contributed by atoms with E-state index < -0.39 is 0 Å². The van der Waals surface area contributed by atoms with E-state index in [2.05, 4.69) is 31.1 Å². The summed E-state index contributed by atoms with van der Waals surface area (Å²) in [5, 5.41) is 3.46. The van der Waals surface area contributed by atoms with Crippen LogP contribution in [0.3, 0.4) is 0 Å². The predicted octanol–water partition coefficient (Wildman–Crippen LogP) is 2.15. The van der Waals surface area contributed by atoms with Crippen molar-refractivity contribution >= 4 is 12.4 Å². The highest BCUT2D eigenvalue weighted by Gasteiger charge is 2.15. The normalized spacial score (nSPS) is 21.4. The van der Waals surface area contributed by atoms with Gasteiger partial charge in [0.1, 0.15) is 0 Å². The molecule has 0 aromatic carbocycles. The van der Waals surface area contributed by atoms with Crippen molar-refractivity contribution in [2.24, 2.45) is 5.92 Å². The molecule has 1 aliphatic rings. The summed E-state index contributed by atoms with van der Waals surface area (Å²) in [5.41, 5.74) is 0. The second-order valence-corrected chi connectivity index (χ2v) is 5.28. The molecule has 1 unspecified atom stereocenters. The average molecular weight is 265 g/mol. The fourth-order valence-electron chi connectivity index (χ4n) is 2.15. The van der Waals surface area contributed by atoms with Crippen molar-refractivity contribution in [1.82, 2.24) is 10.2 Å². The van der Waals surface area contributed by atoms with Gasteiger partial charge in [0, 0.05) is 19.2 Å². The molecule has 3 nitrogen and oxygen atoms in total. The van der Waals surface area contributed by atoms with Gasteiger partial charge in [-0.25, -0.2) is 0 Å². The fourth-order valence-corrected chi connectivity index (χ4v) is 2.15. The van der Waals surface area contributed by atoms with Crippen molar-refractivity contribution in [1.29, 1.82) is 0 Å². The summed E-state index contributed by atoms with van der Waals surface area (Å²) in [7, 11) is 2.23. The van der Waals surface area contributed by atoms with Gasteiger partial charge in [0.15, 0.2) is 0 Å². The number of hydrogen-bond donors (Lipinski definition) is 1. The molecule has 1 N–H and O–H groups in total. The largest absolute Gasteiger partial charge is 0.380 e. The van der Waals surface area contributed by atoms with Crippen LogP contribution in [-0.2, 0) is 4.74 Å². The summed E-state index contributed by atoms with van der Waals surface area (Å²) >= 11 is 0. The van der Waals surface area contributed by atoms with Crippen molar-refractivity contribution in [3.05, 3.63) is 0 Å². The molecule has 0 aromatic heterocycles. The van der Waals surface area contributed by atoms with Crippen LogP contribution in [-0.4, -0.2) is 50.8 Å². The second-order valence-electron chi connectivity index (χ2n) is 5.28. The van der Waals surface area contributed by atoms with Gasteiger partial charge in [-0.2, -0.15) is 0 Å². The van der Waals surface area contributed by atoms with Crippen molar-refractivity contribution in [2.45, 2.75) is 39.2 Å². The molecule has 17 heavy (non-hydrogen) atoms. The molecule has 0 saturated carbocycles. The maximum atomic E-state index is 5.63. The van der Waals surface area contributed by atoms with Crippen LogP contribution >= 0.6 is 12.4 Å². The number of rotatable bonds is 6. The maximum absolute atomic E-state index is 5.63. The Morgan fingerprint density at radius 2 is 2.06 bits per heavy atom. The van der Waals surface area contributed by atoms with Crippen LogP contribution in [0.2, 0.25) is 0 Å². The van der Waals surface area contributed by atoms with E-state index in [1.165, 1.54) is 32.4 Å². The maximum Gasteiger partial charge on any atom is 0.0593 e. The van der Waals surface area contributed by atoms with Crippen LogP contribution in [0.1, 0.15) is 33.1 Å². The Morgan fingerprint density at radius 1 is 1.29 bits per heavy atom. The Labute approximate surface area is 113 Å². The monoisotopic (exact) mass is 264 g/mol. The van der Waals surface area contributed by atoms with Gasteiger partial charge in [0.25, 0.3) is 0 Å². The lowest BCUT2D eigenvalue weighted by atomic mass is 10.1. The zero-order valence-electron chi connectivity index (χ0n) is 11.6. The van der Waals surface area contributed by atoms with E-state index >= 15 is 0 Å². The van der Waals surface area contributed by atoms with Crippen LogP contribution in [0.25, 0.3) is 0 Å². The number of ether oxygens (including phenoxy) is 1. The molecule has 1 saturated heterocycles. The van der Waals surface area contributed by atoms with Gasteiger partial charge >= 0.3 is 0 Å². The summed E-state index contributed by atoms with van der Waals surface area (Å²) in [4.78, 5) is 2.47. The molecular weight excluding hydrogens is 236 g/mol. The van der Waals surface area contributed by atoms with Crippen molar-refractivity contribution < 1.29 is 4.74 Å². The predicted molar refractivity (Wildman–Crippen MR) is 76.0 cm³/mol. The van der Waals surface area contributed by atoms with Crippen LogP contribution < -0.4 is 5.32 Å². The highest BCUT2D eigenvalue weighted by molar-refractivity contribution is 5.85. The first-order chi connectivity index (χ1) is 7.70. The molecule has 0 radical (unpaired) electrons. The Balaban J connectivity index is 0.00000256. The van der Waals surface area contributed by atoms with Crippen LogP contribution in [0.5, 0.6) is 0 Å². The van der Waals surface area contributed by atoms with E-state index in [0.717, 1.165) is 25.8 Å². The van der Waals surface area contributed by atoms with Gasteiger partial charge in [-0.05, 0) is 45.3 Å². The number of hydrogen-bond acceptors (Lipinski definition) is 3. The number of halogens is 1. The lowest BCUT2D eigenvalue weighted by molar-refractivity contribution is 0.0793. The molecule has 0 aromatic rings. The molecule has 0 amide bonds. The van der Waals surface area contributed by atoms with Gasteiger partial charge in [-0.3, -0.25) is 0 Å². The van der Waals surface area contributed by atoms with Crippen LogP contribution in [0, 0.1) is 5.92 Å². The number of nitrogens with one attached hydrogen (secondary N) is 1. The minimum absolute atomic E-state index is 0. The summed E-state index contributed by atoms with van der Waals surface area (Å²) in [6, 6.07) is 0.748.